The van der Waals surface area contributed by atoms with E-state index in [-0.39, 0.29) is 47.4 Å². The van der Waals surface area contributed by atoms with E-state index in [1.165, 1.54) is 44.2 Å². The van der Waals surface area contributed by atoms with Gasteiger partial charge in [0.05, 0.1) is 11.6 Å². The van der Waals surface area contributed by atoms with Gasteiger partial charge in [-0.2, -0.15) is 5.26 Å². The minimum Gasteiger partial charge on any atom is -0.405 e. The maximum Gasteiger partial charge on any atom is 0.573 e. The highest BCUT2D eigenvalue weighted by Crippen LogP contribution is 2.56. The number of amides is 2. The van der Waals surface area contributed by atoms with Crippen LogP contribution in [0.5, 0.6) is 5.75 Å². The minimum absolute atomic E-state index is 0.0401. The number of nitrogens with zero attached hydrogens (tertiary/aromatic N) is 1. The van der Waals surface area contributed by atoms with Gasteiger partial charge in [0, 0.05) is 30.0 Å². The number of ether oxygens (including phenoxy) is 1. The van der Waals surface area contributed by atoms with E-state index in [0.29, 0.717) is 24.7 Å². The van der Waals surface area contributed by atoms with E-state index in [4.69, 9.17) is 5.26 Å². The monoisotopic (exact) mass is 503 g/mol. The first-order valence-electron chi connectivity index (χ1n) is 13.1. The second-order valence-corrected chi connectivity index (χ2v) is 11.2. The summed E-state index contributed by atoms with van der Waals surface area (Å²) >= 11 is 0. The number of carbonyl (C=O) groups excluding carboxylic acids is 2. The summed E-state index contributed by atoms with van der Waals surface area (Å²) < 4.78 is 42.3. The molecular formula is C27H32F3N3O3. The van der Waals surface area contributed by atoms with Gasteiger partial charge >= 0.3 is 6.36 Å². The highest BCUT2D eigenvalue weighted by molar-refractivity contribution is 5.80. The third-order valence-electron chi connectivity index (χ3n) is 8.85. The van der Waals surface area contributed by atoms with Crippen molar-refractivity contribution in [2.75, 3.05) is 0 Å². The van der Waals surface area contributed by atoms with Crippen LogP contribution >= 0.6 is 0 Å². The van der Waals surface area contributed by atoms with Gasteiger partial charge < -0.3 is 15.4 Å². The van der Waals surface area contributed by atoms with E-state index in [1.807, 2.05) is 0 Å². The molecule has 2 amide bonds. The second kappa shape index (κ2) is 9.95. The van der Waals surface area contributed by atoms with E-state index < -0.39 is 12.1 Å². The molecular weight excluding hydrogens is 471 g/mol. The Kier molecular flexibility index (Phi) is 6.88. The predicted molar refractivity (Wildman–Crippen MR) is 124 cm³/mol. The average molecular weight is 504 g/mol. The molecule has 36 heavy (non-hydrogen) atoms. The number of halogens is 3. The van der Waals surface area contributed by atoms with Crippen LogP contribution in [0.25, 0.3) is 0 Å². The van der Waals surface area contributed by atoms with Crippen LogP contribution in [0.4, 0.5) is 13.2 Å². The van der Waals surface area contributed by atoms with Crippen LogP contribution in [0.3, 0.4) is 0 Å². The van der Waals surface area contributed by atoms with Gasteiger partial charge in [-0.05, 0) is 93.6 Å². The van der Waals surface area contributed by atoms with Gasteiger partial charge in [0.2, 0.25) is 11.8 Å². The Morgan fingerprint density at radius 3 is 2.19 bits per heavy atom. The van der Waals surface area contributed by atoms with Crippen LogP contribution in [-0.2, 0) is 16.1 Å². The summed E-state index contributed by atoms with van der Waals surface area (Å²) in [4.78, 5) is 25.9. The maximum atomic E-state index is 13.2. The first kappa shape index (κ1) is 24.9. The summed E-state index contributed by atoms with van der Waals surface area (Å²) in [5.74, 6) is 2.13. The molecule has 6 rings (SSSR count). The van der Waals surface area contributed by atoms with Crippen molar-refractivity contribution in [1.82, 2.24) is 10.6 Å². The topological polar surface area (TPSA) is 91.2 Å². The van der Waals surface area contributed by atoms with Gasteiger partial charge in [0.15, 0.2) is 0 Å². The normalized spacial score (nSPS) is 33.0. The lowest BCUT2D eigenvalue weighted by Crippen LogP contribution is -2.53. The van der Waals surface area contributed by atoms with Crippen molar-refractivity contribution in [2.24, 2.45) is 35.5 Å². The standard InChI is InChI=1S/C27H32F3N3O3/c28-27(29,30)36-23-12-15(13-31)1-2-19(23)14-32-25(34)18-3-5-22(6-4-18)33-26(35)24-20-8-16-7-17(10-20)11-21(24)9-16/h1-2,12,16-18,20-22,24H,3-11,14H2,(H,32,34)(H,33,35). The van der Waals surface area contributed by atoms with E-state index in [0.717, 1.165) is 30.7 Å². The lowest BCUT2D eigenvalue weighted by molar-refractivity contribution is -0.274. The van der Waals surface area contributed by atoms with E-state index in [1.54, 1.807) is 6.07 Å². The summed E-state index contributed by atoms with van der Waals surface area (Å²) in [6, 6.07) is 5.63. The first-order chi connectivity index (χ1) is 17.2. The minimum atomic E-state index is -4.90. The van der Waals surface area contributed by atoms with Crippen molar-refractivity contribution in [1.29, 1.82) is 5.26 Å². The second-order valence-electron chi connectivity index (χ2n) is 11.2. The van der Waals surface area contributed by atoms with Gasteiger partial charge in [-0.3, -0.25) is 9.59 Å². The van der Waals surface area contributed by atoms with Gasteiger partial charge in [-0.25, -0.2) is 0 Å². The Hall–Kier alpha value is -2.76. The number of benzene rings is 1. The lowest BCUT2D eigenvalue weighted by Gasteiger charge is -2.53. The summed E-state index contributed by atoms with van der Waals surface area (Å²) in [7, 11) is 0. The van der Waals surface area contributed by atoms with E-state index >= 15 is 0 Å². The molecule has 0 radical (unpaired) electrons. The van der Waals surface area contributed by atoms with Crippen LogP contribution in [0.15, 0.2) is 18.2 Å². The van der Waals surface area contributed by atoms with Crippen LogP contribution in [0.2, 0.25) is 0 Å². The summed E-state index contributed by atoms with van der Waals surface area (Å²) in [5.41, 5.74) is 0.189. The average Bonchev–Trinajstić information content (AvgIpc) is 2.82. The molecule has 2 N–H and O–H groups in total. The molecule has 5 aliphatic rings. The molecule has 0 aromatic heterocycles. The SMILES string of the molecule is N#Cc1ccc(CNC(=O)C2CCC(NC(=O)C3C4CC5CC(C4)CC3C5)CC2)c(OC(F)(F)F)c1. The molecule has 1 aromatic carbocycles. The molecule has 6 nitrogen and oxygen atoms in total. The number of carbonyl (C=O) groups is 2. The Bertz CT molecular complexity index is 1010. The third kappa shape index (κ3) is 5.47. The molecule has 0 atom stereocenters. The van der Waals surface area contributed by atoms with Crippen LogP contribution in [0, 0.1) is 46.8 Å². The molecule has 194 valence electrons. The van der Waals surface area contributed by atoms with Crippen LogP contribution < -0.4 is 15.4 Å². The zero-order valence-electron chi connectivity index (χ0n) is 20.2. The molecule has 4 bridgehead atoms. The summed E-state index contributed by atoms with van der Waals surface area (Å²) in [6.07, 6.45) is 3.95. The molecule has 9 heteroatoms. The third-order valence-corrected chi connectivity index (χ3v) is 8.85. The fourth-order valence-electron chi connectivity index (χ4n) is 7.47. The molecule has 1 aromatic rings. The number of nitrogens with one attached hydrogen (secondary N) is 2. The highest BCUT2D eigenvalue weighted by Gasteiger charge is 2.51. The largest absolute Gasteiger partial charge is 0.573 e. The summed E-state index contributed by atoms with van der Waals surface area (Å²) in [5, 5.41) is 15.0. The number of alkyl halides is 3. The maximum absolute atomic E-state index is 13.2. The lowest BCUT2D eigenvalue weighted by atomic mass is 9.51. The molecule has 0 saturated heterocycles. The fourth-order valence-corrected chi connectivity index (χ4v) is 7.47. The van der Waals surface area contributed by atoms with Gasteiger partial charge in [-0.15, -0.1) is 13.2 Å². The van der Waals surface area contributed by atoms with Gasteiger partial charge in [0.1, 0.15) is 5.75 Å². The molecule has 0 aliphatic heterocycles. The predicted octanol–water partition coefficient (Wildman–Crippen LogP) is 4.82. The number of rotatable bonds is 6. The fraction of sp³-hybridized carbons (Fsp3) is 0.667. The van der Waals surface area contributed by atoms with Gasteiger partial charge in [0.25, 0.3) is 0 Å². The van der Waals surface area contributed by atoms with Crippen molar-refractivity contribution < 1.29 is 27.5 Å². The Balaban J connectivity index is 1.10. The molecule has 5 fully saturated rings. The van der Waals surface area contributed by atoms with E-state index in [9.17, 15) is 22.8 Å². The quantitative estimate of drug-likeness (QED) is 0.582. The van der Waals surface area contributed by atoms with Crippen molar-refractivity contribution in [3.8, 4) is 11.8 Å². The number of nitriles is 1. The zero-order chi connectivity index (χ0) is 25.4. The smallest absolute Gasteiger partial charge is 0.405 e. The zero-order valence-corrected chi connectivity index (χ0v) is 20.2. The molecule has 0 unspecified atom stereocenters. The van der Waals surface area contributed by atoms with E-state index in [2.05, 4.69) is 15.4 Å². The molecule has 0 heterocycles. The first-order valence-corrected chi connectivity index (χ1v) is 13.1. The Labute approximate surface area is 208 Å². The molecule has 0 spiro atoms. The highest BCUT2D eigenvalue weighted by atomic mass is 19.4. The van der Waals surface area contributed by atoms with Crippen molar-refractivity contribution in [3.05, 3.63) is 29.3 Å². The number of hydrogen-bond acceptors (Lipinski definition) is 4. The van der Waals surface area contributed by atoms with Crippen molar-refractivity contribution in [2.45, 2.75) is 76.7 Å². The Morgan fingerprint density at radius 2 is 1.61 bits per heavy atom. The van der Waals surface area contributed by atoms with Gasteiger partial charge in [-0.1, -0.05) is 6.07 Å². The van der Waals surface area contributed by atoms with Crippen molar-refractivity contribution >= 4 is 11.8 Å². The van der Waals surface area contributed by atoms with Crippen LogP contribution in [-0.4, -0.2) is 24.2 Å². The van der Waals surface area contributed by atoms with Crippen LogP contribution in [0.1, 0.15) is 68.9 Å². The molecule has 5 aliphatic carbocycles. The summed E-state index contributed by atoms with van der Waals surface area (Å²) in [6.45, 7) is -0.126. The number of hydrogen-bond donors (Lipinski definition) is 2. The Morgan fingerprint density at radius 1 is 0.972 bits per heavy atom. The molecule has 5 saturated carbocycles. The van der Waals surface area contributed by atoms with Crippen molar-refractivity contribution in [3.63, 3.8) is 0 Å².